The zero-order valence-corrected chi connectivity index (χ0v) is 53.7. The van der Waals surface area contributed by atoms with Gasteiger partial charge in [0.05, 0.1) is 58.5 Å². The molecule has 0 aromatic carbocycles. The standard InChI is InChI=1S/C62H104O33/c1-22(20-83-54-46(78)42(74)38(70)31(15-63)86-54)7-12-62(82)23(2)36-30(95-62)14-28-26-6-5-24-13-25(8-10-60(24,3)27(26)9-11-61(28,36)4)85-56-48(80)44(76)50(35(19-67)90-56)91-59-53(52(41(73)34(18-66)89-59)93-55-45(77)37(69)29(68)21-84-55)94-58-49(81)51(40(72)33(17-65)88-58)92-57-47(79)43(75)39(71)32(16-64)87-57/h22-59,63-82H,5-21H2,1-4H3/t22-,23+,24+,25+,26-,27+,28+,29-,30+,31-,32-,33-,34-,35-,36+,37+,38-,39-,40-,41-,42+,43+,44-,45-,46-,47-,48-,49-,50+,51+,52+,53-,54-,55+,56-,57+,58+,59+,60+,61+,62+/m1/s1. The zero-order valence-electron chi connectivity index (χ0n) is 53.7. The van der Waals surface area contributed by atoms with Crippen LogP contribution in [0.5, 0.6) is 0 Å². The first-order chi connectivity index (χ1) is 45.1. The van der Waals surface area contributed by atoms with Gasteiger partial charge in [-0.2, -0.15) is 0 Å². The van der Waals surface area contributed by atoms with Crippen LogP contribution >= 0.6 is 0 Å². The minimum atomic E-state index is -2.21. The third-order valence-corrected chi connectivity index (χ3v) is 23.9. The predicted molar refractivity (Wildman–Crippen MR) is 311 cm³/mol. The summed E-state index contributed by atoms with van der Waals surface area (Å²) in [5.41, 5.74) is -0.156. The lowest BCUT2D eigenvalue weighted by Crippen LogP contribution is -2.69. The second-order valence-electron chi connectivity index (χ2n) is 29.4. The Morgan fingerprint density at radius 3 is 1.60 bits per heavy atom. The highest BCUT2D eigenvalue weighted by Crippen LogP contribution is 2.71. The van der Waals surface area contributed by atoms with Crippen molar-refractivity contribution < 1.29 is 164 Å². The number of ether oxygens (including phenoxy) is 13. The molecule has 4 saturated carbocycles. The Hall–Kier alpha value is -1.32. The summed E-state index contributed by atoms with van der Waals surface area (Å²) in [7, 11) is 0. The van der Waals surface area contributed by atoms with Crippen LogP contribution in [0.15, 0.2) is 0 Å². The second-order valence-corrected chi connectivity index (χ2v) is 29.4. The van der Waals surface area contributed by atoms with Gasteiger partial charge in [0.25, 0.3) is 0 Å². The first-order valence-corrected chi connectivity index (χ1v) is 33.8. The van der Waals surface area contributed by atoms with Crippen LogP contribution in [0.4, 0.5) is 0 Å². The fourth-order valence-electron chi connectivity index (χ4n) is 18.3. The summed E-state index contributed by atoms with van der Waals surface area (Å²) in [5, 5.41) is 217. The minimum absolute atomic E-state index is 0.0703. The highest BCUT2D eigenvalue weighted by molar-refractivity contribution is 5.15. The molecule has 4 aliphatic carbocycles. The van der Waals surface area contributed by atoms with Gasteiger partial charge in [0.15, 0.2) is 43.5 Å². The van der Waals surface area contributed by atoms with Crippen LogP contribution in [-0.2, 0) is 61.6 Å². The fraction of sp³-hybridized carbons (Fsp3) is 1.00. The molecule has 20 N–H and O–H groups in total. The molecule has 0 bridgehead atoms. The Kier molecular flexibility index (Phi) is 23.8. The number of hydrogen-bond donors (Lipinski definition) is 20. The van der Waals surface area contributed by atoms with Gasteiger partial charge in [-0.1, -0.05) is 27.7 Å². The van der Waals surface area contributed by atoms with Crippen LogP contribution in [0.25, 0.3) is 0 Å². The van der Waals surface area contributed by atoms with Gasteiger partial charge >= 0.3 is 0 Å². The average Bonchev–Trinajstić information content (AvgIpc) is 1.56. The molecule has 95 heavy (non-hydrogen) atoms. The van der Waals surface area contributed by atoms with Crippen molar-refractivity contribution in [1.29, 1.82) is 0 Å². The van der Waals surface area contributed by atoms with E-state index in [9.17, 15) is 102 Å². The van der Waals surface area contributed by atoms with Crippen LogP contribution in [0.1, 0.15) is 91.9 Å². The zero-order chi connectivity index (χ0) is 68.7. The number of rotatable bonds is 21. The van der Waals surface area contributed by atoms with Crippen LogP contribution in [0.3, 0.4) is 0 Å². The van der Waals surface area contributed by atoms with Crippen molar-refractivity contribution in [3.05, 3.63) is 0 Å². The van der Waals surface area contributed by atoms with Crippen molar-refractivity contribution >= 4 is 0 Å². The van der Waals surface area contributed by atoms with Crippen LogP contribution in [0.2, 0.25) is 0 Å². The summed E-state index contributed by atoms with van der Waals surface area (Å²) >= 11 is 0. The maximum atomic E-state index is 12.2. The third-order valence-electron chi connectivity index (χ3n) is 23.9. The Morgan fingerprint density at radius 2 is 0.958 bits per heavy atom. The summed E-state index contributed by atoms with van der Waals surface area (Å²) in [6, 6.07) is 0. The van der Waals surface area contributed by atoms with Gasteiger partial charge in [0.1, 0.15) is 140 Å². The van der Waals surface area contributed by atoms with Crippen molar-refractivity contribution in [2.45, 2.75) is 288 Å². The van der Waals surface area contributed by atoms with Crippen molar-refractivity contribution in [3.63, 3.8) is 0 Å². The molecule has 0 aromatic heterocycles. The molecule has 0 radical (unpaired) electrons. The van der Waals surface area contributed by atoms with Crippen molar-refractivity contribution in [2.24, 2.45) is 52.3 Å². The average molecular weight is 1380 g/mol. The number of aliphatic hydroxyl groups is 20. The maximum Gasteiger partial charge on any atom is 0.187 e. The summed E-state index contributed by atoms with van der Waals surface area (Å²) in [6.07, 6.45) is -44.9. The lowest BCUT2D eigenvalue weighted by Gasteiger charge is -2.61. The number of hydrogen-bond acceptors (Lipinski definition) is 33. The Bertz CT molecular complexity index is 2460. The lowest BCUT2D eigenvalue weighted by molar-refractivity contribution is -0.409. The van der Waals surface area contributed by atoms with E-state index in [1.54, 1.807) is 0 Å². The van der Waals surface area contributed by atoms with Crippen molar-refractivity contribution in [3.8, 4) is 0 Å². The van der Waals surface area contributed by atoms with E-state index < -0.39 is 230 Å². The summed E-state index contributed by atoms with van der Waals surface area (Å²) in [6.45, 7) is 4.00. The van der Waals surface area contributed by atoms with E-state index in [0.717, 1.165) is 38.5 Å². The Balaban J connectivity index is 0.734. The van der Waals surface area contributed by atoms with Crippen LogP contribution in [-0.4, -0.2) is 345 Å². The molecule has 0 unspecified atom stereocenters. The molecule has 7 saturated heterocycles. The summed E-state index contributed by atoms with van der Waals surface area (Å²) < 4.78 is 77.9. The summed E-state index contributed by atoms with van der Waals surface area (Å²) in [4.78, 5) is 0. The topological polar surface area (TPSA) is 525 Å². The van der Waals surface area contributed by atoms with E-state index in [1.807, 2.05) is 6.92 Å². The molecule has 0 aromatic rings. The van der Waals surface area contributed by atoms with Gasteiger partial charge < -0.3 is 164 Å². The van der Waals surface area contributed by atoms with E-state index >= 15 is 0 Å². The third kappa shape index (κ3) is 14.1. The molecule has 33 heteroatoms. The molecule has 33 nitrogen and oxygen atoms in total. The monoisotopic (exact) mass is 1380 g/mol. The molecule has 0 amide bonds. The SMILES string of the molecule is C[C@H](CC[C@]1(O)O[C@H]2C[C@H]3[C@@H]4CC[C@H]5C[C@@H](O[C@@H]6O[C@H](CO)[C@H](O[C@@H]7O[C@H](CO)[C@@H](O)[C@H](O[C@@H]8OC[C@@H](O)[C@H](O)[C@H]8O)[C@H]7O[C@@H]7O[C@H](CO)[C@@H](O)[C@H](O[C@@H]8O[C@H](CO)[C@@H](O)[C@H](O)[C@H]8O)[C@H]7O)[C@H](O)[C@H]6O)CC[C@]5(C)[C@H]4CC[C@]3(C)[C@H]2[C@@H]1C)CO[C@@H]1O[C@H](CO)[C@@H](O)[C@H](O)[C@H]1O. The van der Waals surface area contributed by atoms with Crippen molar-refractivity contribution in [1.82, 2.24) is 0 Å². The number of fused-ring (bicyclic) bond motifs is 7. The molecule has 41 atom stereocenters. The Morgan fingerprint density at radius 1 is 0.453 bits per heavy atom. The van der Waals surface area contributed by atoms with E-state index in [0.29, 0.717) is 43.4 Å². The normalized spacial score (nSPS) is 55.3. The van der Waals surface area contributed by atoms with Crippen LogP contribution in [0, 0.1) is 52.3 Å². The molecule has 7 aliphatic heterocycles. The van der Waals surface area contributed by atoms with Gasteiger partial charge in [0, 0.05) is 12.3 Å². The molecule has 11 aliphatic rings. The minimum Gasteiger partial charge on any atom is -0.394 e. The number of aliphatic hydroxyl groups excluding tert-OH is 19. The first-order valence-electron chi connectivity index (χ1n) is 33.8. The van der Waals surface area contributed by atoms with E-state index in [2.05, 4.69) is 20.8 Å². The highest BCUT2D eigenvalue weighted by Gasteiger charge is 2.69. The fourth-order valence-corrected chi connectivity index (χ4v) is 18.3. The van der Waals surface area contributed by atoms with E-state index in [4.69, 9.17) is 61.6 Å². The molecular weight excluding hydrogens is 1270 g/mol. The smallest absolute Gasteiger partial charge is 0.187 e. The van der Waals surface area contributed by atoms with Gasteiger partial charge in [-0.3, -0.25) is 0 Å². The lowest BCUT2D eigenvalue weighted by atomic mass is 9.44. The second kappa shape index (κ2) is 30.2. The quantitative estimate of drug-likeness (QED) is 0.0475. The summed E-state index contributed by atoms with van der Waals surface area (Å²) in [5.74, 6) is -0.144. The van der Waals surface area contributed by atoms with E-state index in [-0.39, 0.29) is 47.2 Å². The maximum absolute atomic E-state index is 12.2. The molecule has 11 rings (SSSR count). The van der Waals surface area contributed by atoms with Crippen LogP contribution < -0.4 is 0 Å². The van der Waals surface area contributed by atoms with Gasteiger partial charge in [-0.05, 0) is 104 Å². The van der Waals surface area contributed by atoms with Gasteiger partial charge in [-0.15, -0.1) is 0 Å². The largest absolute Gasteiger partial charge is 0.394 e. The van der Waals surface area contributed by atoms with Gasteiger partial charge in [-0.25, -0.2) is 0 Å². The molecule has 0 spiro atoms. The first kappa shape index (κ1) is 74.9. The Labute approximate surface area is 548 Å². The predicted octanol–water partition coefficient (Wildman–Crippen LogP) is -7.67. The molecular formula is C62H104O33. The van der Waals surface area contributed by atoms with Crippen molar-refractivity contribution in [2.75, 3.05) is 46.2 Å². The van der Waals surface area contributed by atoms with Gasteiger partial charge in [0.2, 0.25) is 0 Å². The molecule has 11 fully saturated rings. The van der Waals surface area contributed by atoms with E-state index in [1.165, 1.54) is 0 Å². The highest BCUT2D eigenvalue weighted by atomic mass is 16.8. The molecule has 550 valence electrons. The molecule has 7 heterocycles.